The van der Waals surface area contributed by atoms with Crippen LogP contribution in [0.4, 0.5) is 5.69 Å². The van der Waals surface area contributed by atoms with Crippen LogP contribution >= 0.6 is 0 Å². The van der Waals surface area contributed by atoms with Gasteiger partial charge in [-0.1, -0.05) is 0 Å². The number of nitrogens with two attached hydrogens (primary N) is 1. The molecule has 0 spiro atoms. The van der Waals surface area contributed by atoms with Crippen molar-refractivity contribution in [3.8, 4) is 0 Å². The van der Waals surface area contributed by atoms with Crippen molar-refractivity contribution in [2.75, 3.05) is 5.73 Å². The molecule has 2 aromatic heterocycles. The predicted octanol–water partition coefficient (Wildman–Crippen LogP) is 1.88. The number of hydrogen-bond donors (Lipinski definition) is 2. The molecule has 110 valence electrons. The van der Waals surface area contributed by atoms with Crippen molar-refractivity contribution in [3.63, 3.8) is 0 Å². The summed E-state index contributed by atoms with van der Waals surface area (Å²) in [5, 5.41) is 14.2. The number of imidazole rings is 1. The van der Waals surface area contributed by atoms with Crippen LogP contribution in [0.5, 0.6) is 0 Å². The minimum absolute atomic E-state index is 0.627. The van der Waals surface area contributed by atoms with E-state index in [4.69, 9.17) is 5.73 Å². The van der Waals surface area contributed by atoms with Gasteiger partial charge in [-0.25, -0.2) is 4.98 Å². The molecule has 3 rings (SSSR count). The third-order valence-corrected chi connectivity index (χ3v) is 3.49. The van der Waals surface area contributed by atoms with Crippen molar-refractivity contribution in [2.24, 2.45) is 0 Å². The highest BCUT2D eigenvalue weighted by molar-refractivity contribution is 5.79. The first kappa shape index (κ1) is 13.6. The van der Waals surface area contributed by atoms with E-state index in [2.05, 4.69) is 10.1 Å². The van der Waals surface area contributed by atoms with Crippen molar-refractivity contribution in [1.82, 2.24) is 19.3 Å². The van der Waals surface area contributed by atoms with Crippen LogP contribution in [0.1, 0.15) is 24.4 Å². The zero-order valence-corrected chi connectivity index (χ0v) is 12.2. The van der Waals surface area contributed by atoms with Crippen LogP contribution in [0, 0.1) is 6.92 Å². The highest BCUT2D eigenvalue weighted by Crippen LogP contribution is 2.22. The Balaban J connectivity index is 1.97. The summed E-state index contributed by atoms with van der Waals surface area (Å²) in [5.74, 6) is 0.652. The Kier molecular flexibility index (Phi) is 3.39. The van der Waals surface area contributed by atoms with E-state index in [-0.39, 0.29) is 0 Å². The summed E-state index contributed by atoms with van der Waals surface area (Å²) in [5.41, 5.74) is 9.39. The molecule has 0 saturated carbocycles. The lowest BCUT2D eigenvalue weighted by Crippen LogP contribution is -2.12. The quantitative estimate of drug-likeness (QED) is 0.717. The molecule has 3 N–H and O–H groups in total. The van der Waals surface area contributed by atoms with Gasteiger partial charge in [0.2, 0.25) is 0 Å². The first-order chi connectivity index (χ1) is 10.0. The number of rotatable bonds is 4. The number of aryl methyl sites for hydroxylation is 3. The van der Waals surface area contributed by atoms with Crippen LogP contribution in [-0.2, 0) is 13.1 Å². The molecule has 0 amide bonds. The molecular weight excluding hydrogens is 266 g/mol. The van der Waals surface area contributed by atoms with Crippen LogP contribution in [0.25, 0.3) is 11.0 Å². The van der Waals surface area contributed by atoms with Gasteiger partial charge in [0, 0.05) is 18.4 Å². The van der Waals surface area contributed by atoms with Crippen LogP contribution in [0.2, 0.25) is 0 Å². The lowest BCUT2D eigenvalue weighted by molar-refractivity contribution is 0.184. The normalized spacial score (nSPS) is 12.9. The summed E-state index contributed by atoms with van der Waals surface area (Å²) in [7, 11) is 0. The van der Waals surface area contributed by atoms with E-state index < -0.39 is 6.10 Å². The Morgan fingerprint density at radius 1 is 1.33 bits per heavy atom. The molecule has 6 nitrogen and oxygen atoms in total. The maximum Gasteiger partial charge on any atom is 0.138 e. The van der Waals surface area contributed by atoms with Crippen LogP contribution in [0.15, 0.2) is 30.6 Å². The van der Waals surface area contributed by atoms with Crippen LogP contribution in [-0.4, -0.2) is 24.4 Å². The first-order valence-corrected chi connectivity index (χ1v) is 6.97. The van der Waals surface area contributed by atoms with E-state index in [1.54, 1.807) is 6.92 Å². The van der Waals surface area contributed by atoms with E-state index in [1.165, 1.54) is 0 Å². The van der Waals surface area contributed by atoms with E-state index in [9.17, 15) is 5.11 Å². The highest BCUT2D eigenvalue weighted by atomic mass is 16.3. The van der Waals surface area contributed by atoms with E-state index in [1.807, 2.05) is 46.8 Å². The molecule has 1 aromatic carbocycles. The summed E-state index contributed by atoms with van der Waals surface area (Å²) in [6.07, 6.45) is 3.21. The Labute approximate surface area is 122 Å². The van der Waals surface area contributed by atoms with Crippen molar-refractivity contribution >= 4 is 16.7 Å². The smallest absolute Gasteiger partial charge is 0.138 e. The SMILES string of the molecule is Cc1cnn(CCn2c(C(C)O)nc3cc(N)ccc32)c1. The number of anilines is 1. The van der Waals surface area contributed by atoms with Crippen molar-refractivity contribution in [1.29, 1.82) is 0 Å². The number of nitrogens with zero attached hydrogens (tertiary/aromatic N) is 4. The van der Waals surface area contributed by atoms with Gasteiger partial charge in [-0.15, -0.1) is 0 Å². The second-order valence-electron chi connectivity index (χ2n) is 5.33. The monoisotopic (exact) mass is 285 g/mol. The second-order valence-corrected chi connectivity index (χ2v) is 5.33. The Morgan fingerprint density at radius 2 is 2.14 bits per heavy atom. The Morgan fingerprint density at radius 3 is 2.81 bits per heavy atom. The van der Waals surface area contributed by atoms with E-state index in [0.717, 1.165) is 23.1 Å². The average molecular weight is 285 g/mol. The predicted molar refractivity (Wildman–Crippen MR) is 81.7 cm³/mol. The topological polar surface area (TPSA) is 81.9 Å². The molecule has 0 aliphatic heterocycles. The van der Waals surface area contributed by atoms with Gasteiger partial charge in [-0.2, -0.15) is 5.10 Å². The summed E-state index contributed by atoms with van der Waals surface area (Å²) in [6.45, 7) is 5.16. The van der Waals surface area contributed by atoms with Gasteiger partial charge in [-0.3, -0.25) is 4.68 Å². The van der Waals surface area contributed by atoms with E-state index >= 15 is 0 Å². The largest absolute Gasteiger partial charge is 0.399 e. The summed E-state index contributed by atoms with van der Waals surface area (Å²) >= 11 is 0. The lowest BCUT2D eigenvalue weighted by atomic mass is 10.3. The van der Waals surface area contributed by atoms with Crippen molar-refractivity contribution in [2.45, 2.75) is 33.0 Å². The van der Waals surface area contributed by atoms with Gasteiger partial charge in [0.05, 0.1) is 23.8 Å². The van der Waals surface area contributed by atoms with Crippen LogP contribution in [0.3, 0.4) is 0 Å². The molecule has 0 radical (unpaired) electrons. The van der Waals surface area contributed by atoms with Gasteiger partial charge in [0.15, 0.2) is 0 Å². The Bertz CT molecular complexity index is 772. The maximum atomic E-state index is 9.94. The molecule has 0 fully saturated rings. The molecule has 0 bridgehead atoms. The number of aromatic nitrogens is 4. The fourth-order valence-corrected chi connectivity index (χ4v) is 2.51. The standard InChI is InChI=1S/C15H19N5O/c1-10-8-17-19(9-10)5-6-20-14-4-3-12(16)7-13(14)18-15(20)11(2)21/h3-4,7-9,11,21H,5-6,16H2,1-2H3. The molecule has 0 saturated heterocycles. The molecule has 21 heavy (non-hydrogen) atoms. The second kappa shape index (κ2) is 5.21. The molecule has 0 aliphatic rings. The van der Waals surface area contributed by atoms with Gasteiger partial charge in [0.1, 0.15) is 11.9 Å². The number of nitrogen functional groups attached to an aromatic ring is 1. The number of aliphatic hydroxyl groups is 1. The van der Waals surface area contributed by atoms with Crippen LogP contribution < -0.4 is 5.73 Å². The molecule has 2 heterocycles. The van der Waals surface area contributed by atoms with Gasteiger partial charge in [0.25, 0.3) is 0 Å². The summed E-state index contributed by atoms with van der Waals surface area (Å²) in [6, 6.07) is 5.62. The maximum absolute atomic E-state index is 9.94. The van der Waals surface area contributed by atoms with Gasteiger partial charge >= 0.3 is 0 Å². The molecule has 1 unspecified atom stereocenters. The molecule has 3 aromatic rings. The number of benzene rings is 1. The molecular formula is C15H19N5O. The third kappa shape index (κ3) is 2.62. The zero-order chi connectivity index (χ0) is 15.0. The number of fused-ring (bicyclic) bond motifs is 1. The van der Waals surface area contributed by atoms with Crippen molar-refractivity contribution in [3.05, 3.63) is 42.0 Å². The summed E-state index contributed by atoms with van der Waals surface area (Å²) < 4.78 is 3.92. The zero-order valence-electron chi connectivity index (χ0n) is 12.2. The number of aliphatic hydroxyl groups excluding tert-OH is 1. The van der Waals surface area contributed by atoms with Gasteiger partial charge in [-0.05, 0) is 37.6 Å². The highest BCUT2D eigenvalue weighted by Gasteiger charge is 2.14. The fraction of sp³-hybridized carbons (Fsp3) is 0.333. The molecule has 0 aliphatic carbocycles. The minimum Gasteiger partial charge on any atom is -0.399 e. The summed E-state index contributed by atoms with van der Waals surface area (Å²) in [4.78, 5) is 4.49. The van der Waals surface area contributed by atoms with Crippen molar-refractivity contribution < 1.29 is 5.11 Å². The molecule has 6 heteroatoms. The van der Waals surface area contributed by atoms with E-state index in [0.29, 0.717) is 18.1 Å². The third-order valence-electron chi connectivity index (χ3n) is 3.49. The Hall–Kier alpha value is -2.34. The molecule has 1 atom stereocenters. The minimum atomic E-state index is -0.627. The van der Waals surface area contributed by atoms with Gasteiger partial charge < -0.3 is 15.4 Å². The lowest BCUT2D eigenvalue weighted by Gasteiger charge is -2.11. The number of hydrogen-bond acceptors (Lipinski definition) is 4. The first-order valence-electron chi connectivity index (χ1n) is 6.97. The fourth-order valence-electron chi connectivity index (χ4n) is 2.51. The average Bonchev–Trinajstić information content (AvgIpc) is 2.99.